The molecular formula is C17H14ClNO2S. The number of halogens is 1. The highest BCUT2D eigenvalue weighted by Crippen LogP contribution is 2.26. The van der Waals surface area contributed by atoms with Gasteiger partial charge in [-0.05, 0) is 41.1 Å². The average molecular weight is 332 g/mol. The average Bonchev–Trinajstić information content (AvgIpc) is 2.53. The summed E-state index contributed by atoms with van der Waals surface area (Å²) in [6.45, 7) is 0. The minimum absolute atomic E-state index is 0.177. The first-order valence-corrected chi connectivity index (χ1v) is 8.53. The van der Waals surface area contributed by atoms with E-state index < -0.39 is 10.0 Å². The van der Waals surface area contributed by atoms with E-state index in [4.69, 9.17) is 11.6 Å². The smallest absolute Gasteiger partial charge is 0.264 e. The summed E-state index contributed by atoms with van der Waals surface area (Å²) in [4.78, 5) is 0.177. The molecule has 0 aliphatic carbocycles. The second-order valence-electron chi connectivity index (χ2n) is 4.96. The van der Waals surface area contributed by atoms with Crippen LogP contribution < -0.4 is 4.31 Å². The van der Waals surface area contributed by atoms with Crippen molar-refractivity contribution in [2.45, 2.75) is 4.90 Å². The molecule has 3 aromatic rings. The molecule has 0 atom stereocenters. The molecule has 0 saturated heterocycles. The minimum atomic E-state index is -3.63. The predicted octanol–water partition coefficient (Wildman–Crippen LogP) is 4.32. The van der Waals surface area contributed by atoms with Crippen LogP contribution in [0, 0.1) is 0 Å². The molecule has 0 aromatic heterocycles. The molecule has 0 spiro atoms. The Bertz CT molecular complexity index is 938. The van der Waals surface area contributed by atoms with E-state index in [2.05, 4.69) is 0 Å². The van der Waals surface area contributed by atoms with Crippen molar-refractivity contribution in [1.29, 1.82) is 0 Å². The molecule has 3 nitrogen and oxygen atoms in total. The SMILES string of the molecule is CN(c1ccc2ccccc2c1)S(=O)(=O)c1cccc(Cl)c1. The lowest BCUT2D eigenvalue weighted by atomic mass is 10.1. The zero-order valence-electron chi connectivity index (χ0n) is 11.9. The molecule has 0 amide bonds. The molecule has 0 saturated carbocycles. The van der Waals surface area contributed by atoms with E-state index in [0.717, 1.165) is 10.8 Å². The number of rotatable bonds is 3. The summed E-state index contributed by atoms with van der Waals surface area (Å²) in [6, 6.07) is 19.7. The van der Waals surface area contributed by atoms with Crippen molar-refractivity contribution in [3.8, 4) is 0 Å². The first-order valence-electron chi connectivity index (χ1n) is 6.72. The summed E-state index contributed by atoms with van der Waals surface area (Å²) in [5.41, 5.74) is 0.610. The fraction of sp³-hybridized carbons (Fsp3) is 0.0588. The molecule has 3 aromatic carbocycles. The first-order chi connectivity index (χ1) is 10.5. The molecular weight excluding hydrogens is 318 g/mol. The number of benzene rings is 3. The van der Waals surface area contributed by atoms with Crippen molar-refractivity contribution >= 4 is 38.1 Å². The molecule has 22 heavy (non-hydrogen) atoms. The van der Waals surface area contributed by atoms with Gasteiger partial charge in [-0.3, -0.25) is 4.31 Å². The lowest BCUT2D eigenvalue weighted by Gasteiger charge is -2.20. The lowest BCUT2D eigenvalue weighted by molar-refractivity contribution is 0.594. The minimum Gasteiger partial charge on any atom is -0.269 e. The molecule has 0 fully saturated rings. The maximum Gasteiger partial charge on any atom is 0.264 e. The summed E-state index contributed by atoms with van der Waals surface area (Å²) in [7, 11) is -2.09. The molecule has 0 N–H and O–H groups in total. The fourth-order valence-corrected chi connectivity index (χ4v) is 3.79. The normalized spacial score (nSPS) is 11.5. The molecule has 0 heterocycles. The van der Waals surface area contributed by atoms with Crippen LogP contribution in [0.5, 0.6) is 0 Å². The Hall–Kier alpha value is -2.04. The van der Waals surface area contributed by atoms with Crippen molar-refractivity contribution in [2.24, 2.45) is 0 Å². The highest BCUT2D eigenvalue weighted by molar-refractivity contribution is 7.92. The van der Waals surface area contributed by atoms with E-state index in [1.807, 2.05) is 36.4 Å². The van der Waals surface area contributed by atoms with Crippen molar-refractivity contribution < 1.29 is 8.42 Å². The maximum atomic E-state index is 12.7. The number of anilines is 1. The van der Waals surface area contributed by atoms with Gasteiger partial charge in [-0.1, -0.05) is 48.0 Å². The third kappa shape index (κ3) is 2.67. The summed E-state index contributed by atoms with van der Waals surface area (Å²) in [5, 5.41) is 2.46. The third-order valence-corrected chi connectivity index (χ3v) is 5.57. The topological polar surface area (TPSA) is 37.4 Å². The van der Waals surface area contributed by atoms with E-state index in [0.29, 0.717) is 10.7 Å². The van der Waals surface area contributed by atoms with Crippen LogP contribution in [-0.2, 0) is 10.0 Å². The molecule has 0 aliphatic rings. The number of hydrogen-bond donors (Lipinski definition) is 0. The van der Waals surface area contributed by atoms with Crippen molar-refractivity contribution in [1.82, 2.24) is 0 Å². The van der Waals surface area contributed by atoms with Crippen LogP contribution in [0.2, 0.25) is 5.02 Å². The Morgan fingerprint density at radius 1 is 0.864 bits per heavy atom. The zero-order valence-corrected chi connectivity index (χ0v) is 13.5. The van der Waals surface area contributed by atoms with Gasteiger partial charge in [0.2, 0.25) is 0 Å². The number of fused-ring (bicyclic) bond motifs is 1. The quantitative estimate of drug-likeness (QED) is 0.716. The number of sulfonamides is 1. The highest BCUT2D eigenvalue weighted by Gasteiger charge is 2.21. The summed E-state index contributed by atoms with van der Waals surface area (Å²) in [5.74, 6) is 0. The van der Waals surface area contributed by atoms with Crippen LogP contribution in [0.15, 0.2) is 71.6 Å². The van der Waals surface area contributed by atoms with Crippen LogP contribution in [0.25, 0.3) is 10.8 Å². The van der Waals surface area contributed by atoms with Gasteiger partial charge < -0.3 is 0 Å². The number of nitrogens with zero attached hydrogens (tertiary/aromatic N) is 1. The Balaban J connectivity index is 2.06. The zero-order chi connectivity index (χ0) is 15.7. The molecule has 5 heteroatoms. The van der Waals surface area contributed by atoms with Gasteiger partial charge in [0.15, 0.2) is 0 Å². The monoisotopic (exact) mass is 331 g/mol. The largest absolute Gasteiger partial charge is 0.269 e. The second-order valence-corrected chi connectivity index (χ2v) is 7.37. The molecule has 3 rings (SSSR count). The van der Waals surface area contributed by atoms with E-state index in [9.17, 15) is 8.42 Å². The molecule has 0 bridgehead atoms. The van der Waals surface area contributed by atoms with Crippen LogP contribution in [0.3, 0.4) is 0 Å². The molecule has 0 radical (unpaired) electrons. The van der Waals surface area contributed by atoms with Crippen LogP contribution in [0.1, 0.15) is 0 Å². The van der Waals surface area contributed by atoms with Gasteiger partial charge in [-0.2, -0.15) is 0 Å². The molecule has 0 unspecified atom stereocenters. The van der Waals surface area contributed by atoms with E-state index in [1.165, 1.54) is 10.4 Å². The van der Waals surface area contributed by atoms with Crippen LogP contribution in [-0.4, -0.2) is 15.5 Å². The number of hydrogen-bond acceptors (Lipinski definition) is 2. The van der Waals surface area contributed by atoms with Crippen LogP contribution >= 0.6 is 11.6 Å². The van der Waals surface area contributed by atoms with E-state index >= 15 is 0 Å². The van der Waals surface area contributed by atoms with Crippen LogP contribution in [0.4, 0.5) is 5.69 Å². The highest BCUT2D eigenvalue weighted by atomic mass is 35.5. The van der Waals surface area contributed by atoms with Crippen molar-refractivity contribution in [2.75, 3.05) is 11.4 Å². The van der Waals surface area contributed by atoms with Gasteiger partial charge in [-0.15, -0.1) is 0 Å². The van der Waals surface area contributed by atoms with Crippen molar-refractivity contribution in [3.05, 3.63) is 71.8 Å². The van der Waals surface area contributed by atoms with Crippen molar-refractivity contribution in [3.63, 3.8) is 0 Å². The van der Waals surface area contributed by atoms with Gasteiger partial charge in [0, 0.05) is 12.1 Å². The predicted molar refractivity (Wildman–Crippen MR) is 91.0 cm³/mol. The van der Waals surface area contributed by atoms with Gasteiger partial charge in [0.05, 0.1) is 10.6 Å². The van der Waals surface area contributed by atoms with E-state index in [-0.39, 0.29) is 4.90 Å². The molecule has 112 valence electrons. The lowest BCUT2D eigenvalue weighted by Crippen LogP contribution is -2.26. The second kappa shape index (κ2) is 5.63. The Kier molecular flexibility index (Phi) is 3.81. The van der Waals surface area contributed by atoms with Gasteiger partial charge in [0.25, 0.3) is 10.0 Å². The van der Waals surface area contributed by atoms with E-state index in [1.54, 1.807) is 31.3 Å². The fourth-order valence-electron chi connectivity index (χ4n) is 2.30. The molecule has 0 aliphatic heterocycles. The third-order valence-electron chi connectivity index (χ3n) is 3.55. The Morgan fingerprint density at radius 3 is 2.32 bits per heavy atom. The summed E-state index contributed by atoms with van der Waals surface area (Å²) < 4.78 is 26.6. The Labute approximate surface area is 134 Å². The summed E-state index contributed by atoms with van der Waals surface area (Å²) in [6.07, 6.45) is 0. The standard InChI is InChI=1S/C17H14ClNO2S/c1-19(22(20,21)17-8-4-7-15(18)12-17)16-10-9-13-5-2-3-6-14(13)11-16/h2-12H,1H3. The van der Waals surface area contributed by atoms with Gasteiger partial charge in [-0.25, -0.2) is 8.42 Å². The summed E-state index contributed by atoms with van der Waals surface area (Å²) >= 11 is 5.90. The van der Waals surface area contributed by atoms with Gasteiger partial charge >= 0.3 is 0 Å². The first kappa shape index (κ1) is 14.9. The van der Waals surface area contributed by atoms with Gasteiger partial charge in [0.1, 0.15) is 0 Å². The Morgan fingerprint density at radius 2 is 1.59 bits per heavy atom. The maximum absolute atomic E-state index is 12.7.